The minimum absolute atomic E-state index is 0.187. The molecule has 1 aliphatic rings. The van der Waals surface area contributed by atoms with Crippen LogP contribution < -0.4 is 0 Å². The molecule has 72 valence electrons. The third-order valence-corrected chi connectivity index (χ3v) is 4.80. The number of hydrogen-bond acceptors (Lipinski definition) is 4. The summed E-state index contributed by atoms with van der Waals surface area (Å²) in [7, 11) is -3.48. The molecule has 0 bridgehead atoms. The molecule has 0 aromatic carbocycles. The third kappa shape index (κ3) is 1.11. The van der Waals surface area contributed by atoms with Crippen molar-refractivity contribution in [2.24, 2.45) is 0 Å². The van der Waals surface area contributed by atoms with E-state index in [0.29, 0.717) is 12.8 Å². The Bertz CT molecular complexity index is 483. The Balaban J connectivity index is 2.51. The maximum Gasteiger partial charge on any atom is 0.197 e. The maximum atomic E-state index is 11.9. The lowest BCUT2D eigenvalue weighted by Crippen LogP contribution is -2.21. The molecule has 1 fully saturated rings. The summed E-state index contributed by atoms with van der Waals surface area (Å²) >= 11 is 0. The number of pyridine rings is 1. The molecule has 1 heterocycles. The van der Waals surface area contributed by atoms with Gasteiger partial charge in [-0.05, 0) is 25.0 Å². The molecule has 0 radical (unpaired) electrons. The topological polar surface area (TPSA) is 70.8 Å². The van der Waals surface area contributed by atoms with Crippen LogP contribution in [0.2, 0.25) is 0 Å². The van der Waals surface area contributed by atoms with Crippen molar-refractivity contribution in [3.05, 3.63) is 24.5 Å². The van der Waals surface area contributed by atoms with Crippen molar-refractivity contribution in [2.75, 3.05) is 0 Å². The van der Waals surface area contributed by atoms with Gasteiger partial charge in [-0.2, -0.15) is 5.26 Å². The van der Waals surface area contributed by atoms with Crippen LogP contribution >= 0.6 is 0 Å². The Kier molecular flexibility index (Phi) is 1.82. The van der Waals surface area contributed by atoms with Crippen molar-refractivity contribution < 1.29 is 8.42 Å². The summed E-state index contributed by atoms with van der Waals surface area (Å²) in [6.45, 7) is 0. The molecule has 5 heteroatoms. The van der Waals surface area contributed by atoms with Crippen LogP contribution in [0.4, 0.5) is 0 Å². The SMILES string of the molecule is N#CC1(S(=O)(=O)c2ccncc2)CC1. The predicted molar refractivity (Wildman–Crippen MR) is 49.0 cm³/mol. The highest BCUT2D eigenvalue weighted by Crippen LogP contribution is 2.45. The van der Waals surface area contributed by atoms with Crippen molar-refractivity contribution in [1.29, 1.82) is 5.26 Å². The monoisotopic (exact) mass is 208 g/mol. The van der Waals surface area contributed by atoms with Crippen molar-refractivity contribution >= 4 is 9.84 Å². The second kappa shape index (κ2) is 2.79. The van der Waals surface area contributed by atoms with E-state index in [-0.39, 0.29) is 4.90 Å². The molecule has 1 saturated carbocycles. The summed E-state index contributed by atoms with van der Waals surface area (Å²) < 4.78 is 22.6. The summed E-state index contributed by atoms with van der Waals surface area (Å²) in [4.78, 5) is 3.93. The van der Waals surface area contributed by atoms with Crippen LogP contribution in [0, 0.1) is 11.3 Å². The van der Waals surface area contributed by atoms with Crippen LogP contribution in [0.5, 0.6) is 0 Å². The van der Waals surface area contributed by atoms with Gasteiger partial charge in [0.25, 0.3) is 0 Å². The Morgan fingerprint density at radius 3 is 2.36 bits per heavy atom. The quantitative estimate of drug-likeness (QED) is 0.724. The standard InChI is InChI=1S/C9H8N2O2S/c10-7-9(3-4-9)14(12,13)8-1-5-11-6-2-8/h1-2,5-6H,3-4H2. The Labute approximate surface area is 82.1 Å². The van der Waals surface area contributed by atoms with E-state index < -0.39 is 14.6 Å². The number of aromatic nitrogens is 1. The highest BCUT2D eigenvalue weighted by molar-refractivity contribution is 7.93. The summed E-state index contributed by atoms with van der Waals surface area (Å²) in [5.74, 6) is 0. The number of nitrogens with zero attached hydrogens (tertiary/aromatic N) is 2. The molecule has 0 spiro atoms. The summed E-state index contributed by atoms with van der Waals surface area (Å²) in [5.41, 5.74) is 0. The first-order chi connectivity index (χ1) is 6.62. The second-order valence-corrected chi connectivity index (χ2v) is 5.55. The molecule has 4 nitrogen and oxygen atoms in total. The fourth-order valence-electron chi connectivity index (χ4n) is 1.30. The normalized spacial score (nSPS) is 18.5. The molecule has 1 aromatic rings. The lowest BCUT2D eigenvalue weighted by atomic mass is 10.5. The fraction of sp³-hybridized carbons (Fsp3) is 0.333. The van der Waals surface area contributed by atoms with Gasteiger partial charge < -0.3 is 0 Å². The van der Waals surface area contributed by atoms with Gasteiger partial charge in [-0.3, -0.25) is 4.98 Å². The molecule has 0 aliphatic heterocycles. The Morgan fingerprint density at radius 1 is 1.36 bits per heavy atom. The van der Waals surface area contributed by atoms with Gasteiger partial charge in [0.15, 0.2) is 14.6 Å². The highest BCUT2D eigenvalue weighted by atomic mass is 32.2. The first kappa shape index (κ1) is 9.16. The van der Waals surface area contributed by atoms with E-state index in [2.05, 4.69) is 4.98 Å². The maximum absolute atomic E-state index is 11.9. The van der Waals surface area contributed by atoms with Gasteiger partial charge >= 0.3 is 0 Å². The molecule has 1 aliphatic carbocycles. The van der Waals surface area contributed by atoms with Crippen LogP contribution in [0.15, 0.2) is 29.4 Å². The molecule has 0 amide bonds. The molecule has 0 saturated heterocycles. The fourth-order valence-corrected chi connectivity index (χ4v) is 2.99. The first-order valence-corrected chi connectivity index (χ1v) is 5.67. The molecule has 14 heavy (non-hydrogen) atoms. The molecule has 0 unspecified atom stereocenters. The zero-order valence-corrected chi connectivity index (χ0v) is 8.16. The zero-order chi connectivity index (χ0) is 10.2. The van der Waals surface area contributed by atoms with E-state index in [1.54, 1.807) is 0 Å². The Morgan fingerprint density at radius 2 is 1.93 bits per heavy atom. The molecular formula is C9H8N2O2S. The van der Waals surface area contributed by atoms with Crippen LogP contribution in [0.25, 0.3) is 0 Å². The second-order valence-electron chi connectivity index (χ2n) is 3.29. The minimum atomic E-state index is -3.48. The van der Waals surface area contributed by atoms with Crippen molar-refractivity contribution in [3.8, 4) is 6.07 Å². The zero-order valence-electron chi connectivity index (χ0n) is 7.34. The lowest BCUT2D eigenvalue weighted by Gasteiger charge is -2.06. The largest absolute Gasteiger partial charge is 0.265 e. The van der Waals surface area contributed by atoms with E-state index in [1.807, 2.05) is 6.07 Å². The van der Waals surface area contributed by atoms with Crippen LogP contribution in [-0.4, -0.2) is 18.1 Å². The highest BCUT2D eigenvalue weighted by Gasteiger charge is 2.55. The summed E-state index contributed by atoms with van der Waals surface area (Å²) in [6.07, 6.45) is 3.71. The summed E-state index contributed by atoms with van der Waals surface area (Å²) in [6, 6.07) is 4.73. The molecule has 0 atom stereocenters. The van der Waals surface area contributed by atoms with Crippen molar-refractivity contribution in [1.82, 2.24) is 4.98 Å². The van der Waals surface area contributed by atoms with Crippen molar-refractivity contribution in [2.45, 2.75) is 22.5 Å². The average Bonchev–Trinajstić information content (AvgIpc) is 3.00. The van der Waals surface area contributed by atoms with Gasteiger partial charge in [0, 0.05) is 12.4 Å². The van der Waals surface area contributed by atoms with E-state index in [1.165, 1.54) is 24.5 Å². The number of nitriles is 1. The van der Waals surface area contributed by atoms with Crippen LogP contribution in [0.3, 0.4) is 0 Å². The molecule has 1 aromatic heterocycles. The molecule has 0 N–H and O–H groups in total. The third-order valence-electron chi connectivity index (χ3n) is 2.38. The predicted octanol–water partition coefficient (Wildman–Crippen LogP) is 0.911. The summed E-state index contributed by atoms with van der Waals surface area (Å²) in [5, 5.41) is 8.81. The first-order valence-electron chi connectivity index (χ1n) is 4.18. The number of hydrogen-bond donors (Lipinski definition) is 0. The smallest absolute Gasteiger partial charge is 0.197 e. The van der Waals surface area contributed by atoms with E-state index >= 15 is 0 Å². The van der Waals surface area contributed by atoms with E-state index in [9.17, 15) is 8.42 Å². The van der Waals surface area contributed by atoms with Gasteiger partial charge in [-0.15, -0.1) is 0 Å². The Hall–Kier alpha value is -1.41. The van der Waals surface area contributed by atoms with E-state index in [4.69, 9.17) is 5.26 Å². The van der Waals surface area contributed by atoms with Gasteiger partial charge in [0.1, 0.15) is 0 Å². The van der Waals surface area contributed by atoms with Crippen LogP contribution in [0.1, 0.15) is 12.8 Å². The van der Waals surface area contributed by atoms with Gasteiger partial charge in [0.05, 0.1) is 11.0 Å². The average molecular weight is 208 g/mol. The molecular weight excluding hydrogens is 200 g/mol. The van der Waals surface area contributed by atoms with Gasteiger partial charge in [-0.25, -0.2) is 8.42 Å². The van der Waals surface area contributed by atoms with Gasteiger partial charge in [0.2, 0.25) is 0 Å². The molecule has 2 rings (SSSR count). The van der Waals surface area contributed by atoms with Crippen LogP contribution in [-0.2, 0) is 9.84 Å². The van der Waals surface area contributed by atoms with Gasteiger partial charge in [-0.1, -0.05) is 0 Å². The number of sulfone groups is 1. The lowest BCUT2D eigenvalue weighted by molar-refractivity contribution is 0.588. The minimum Gasteiger partial charge on any atom is -0.265 e. The van der Waals surface area contributed by atoms with E-state index in [0.717, 1.165) is 0 Å². The number of rotatable bonds is 2. The van der Waals surface area contributed by atoms with Crippen molar-refractivity contribution in [3.63, 3.8) is 0 Å².